The summed E-state index contributed by atoms with van der Waals surface area (Å²) >= 11 is 0. The minimum absolute atomic E-state index is 0.0208. The highest BCUT2D eigenvalue weighted by atomic mass is 16.5. The molecule has 0 aromatic carbocycles. The van der Waals surface area contributed by atoms with Gasteiger partial charge in [0, 0.05) is 37.7 Å². The van der Waals surface area contributed by atoms with Crippen molar-refractivity contribution in [3.05, 3.63) is 35.6 Å². The Balaban J connectivity index is 1.35. The molecule has 7 nitrogen and oxygen atoms in total. The van der Waals surface area contributed by atoms with Crippen molar-refractivity contribution in [2.45, 2.75) is 58.0 Å². The molecule has 7 heteroatoms. The summed E-state index contributed by atoms with van der Waals surface area (Å²) in [4.78, 5) is 23.5. The number of hydrogen-bond acceptors (Lipinski definition) is 6. The number of carbonyl (C=O) groups is 1. The Hall–Kier alpha value is -2.44. The maximum atomic E-state index is 12.8. The molecule has 1 unspecified atom stereocenters. The molecule has 1 amide bonds. The fourth-order valence-corrected chi connectivity index (χ4v) is 3.52. The summed E-state index contributed by atoms with van der Waals surface area (Å²) in [6, 6.07) is 3.54. The van der Waals surface area contributed by atoms with E-state index in [4.69, 9.17) is 9.26 Å². The molecule has 2 aromatic rings. The van der Waals surface area contributed by atoms with Crippen molar-refractivity contribution in [1.82, 2.24) is 20.0 Å². The van der Waals surface area contributed by atoms with E-state index in [2.05, 4.69) is 15.1 Å². The molecule has 1 saturated carbocycles. The number of likely N-dealkylation sites (tertiary alicyclic amines) is 1. The molecule has 27 heavy (non-hydrogen) atoms. The number of amides is 1. The Morgan fingerprint density at radius 3 is 2.89 bits per heavy atom. The lowest BCUT2D eigenvalue weighted by atomic mass is 9.94. The van der Waals surface area contributed by atoms with Crippen LogP contribution in [0.1, 0.15) is 67.5 Å². The smallest absolute Gasteiger partial charge is 0.255 e. The van der Waals surface area contributed by atoms with Crippen molar-refractivity contribution in [3.8, 4) is 5.88 Å². The zero-order chi connectivity index (χ0) is 18.8. The monoisotopic (exact) mass is 370 g/mol. The molecule has 1 saturated heterocycles. The maximum absolute atomic E-state index is 12.8. The average Bonchev–Trinajstić information content (AvgIpc) is 3.41. The summed E-state index contributed by atoms with van der Waals surface area (Å²) in [5.74, 6) is 2.97. The van der Waals surface area contributed by atoms with Gasteiger partial charge in [0.15, 0.2) is 5.82 Å². The van der Waals surface area contributed by atoms with Gasteiger partial charge in [0.25, 0.3) is 5.91 Å². The predicted molar refractivity (Wildman–Crippen MR) is 98.6 cm³/mol. The van der Waals surface area contributed by atoms with Crippen LogP contribution in [0.2, 0.25) is 0 Å². The fourth-order valence-electron chi connectivity index (χ4n) is 3.52. The predicted octanol–water partition coefficient (Wildman–Crippen LogP) is 3.22. The van der Waals surface area contributed by atoms with E-state index in [1.165, 1.54) is 12.8 Å². The lowest BCUT2D eigenvalue weighted by Gasteiger charge is -2.32. The van der Waals surface area contributed by atoms with Gasteiger partial charge in [-0.25, -0.2) is 4.98 Å². The van der Waals surface area contributed by atoms with Crippen LogP contribution < -0.4 is 4.74 Å². The number of hydrogen-bond donors (Lipinski definition) is 0. The molecular formula is C20H26N4O3. The lowest BCUT2D eigenvalue weighted by molar-refractivity contribution is 0.0667. The zero-order valence-electron chi connectivity index (χ0n) is 15.9. The highest BCUT2D eigenvalue weighted by Gasteiger charge is 2.30. The Labute approximate surface area is 159 Å². The van der Waals surface area contributed by atoms with E-state index in [-0.39, 0.29) is 12.0 Å². The summed E-state index contributed by atoms with van der Waals surface area (Å²) in [6.45, 7) is 5.39. The van der Waals surface area contributed by atoms with Gasteiger partial charge in [-0.1, -0.05) is 5.16 Å². The maximum Gasteiger partial charge on any atom is 0.255 e. The molecule has 144 valence electrons. The van der Waals surface area contributed by atoms with Crippen LogP contribution in [-0.2, 0) is 6.42 Å². The summed E-state index contributed by atoms with van der Waals surface area (Å²) in [7, 11) is 0. The van der Waals surface area contributed by atoms with Crippen molar-refractivity contribution in [3.63, 3.8) is 0 Å². The van der Waals surface area contributed by atoms with Crippen molar-refractivity contribution < 1.29 is 14.1 Å². The van der Waals surface area contributed by atoms with Gasteiger partial charge >= 0.3 is 0 Å². The van der Waals surface area contributed by atoms with Crippen LogP contribution in [0.3, 0.4) is 0 Å². The number of rotatable bonds is 6. The van der Waals surface area contributed by atoms with Crippen molar-refractivity contribution in [2.24, 2.45) is 5.92 Å². The van der Waals surface area contributed by atoms with E-state index in [1.807, 2.05) is 18.7 Å². The number of ether oxygens (including phenoxy) is 1. The molecular weight excluding hydrogens is 344 g/mol. The Morgan fingerprint density at radius 1 is 1.33 bits per heavy atom. The Bertz CT molecular complexity index is 783. The van der Waals surface area contributed by atoms with Gasteiger partial charge in [-0.15, -0.1) is 0 Å². The van der Waals surface area contributed by atoms with Crippen LogP contribution in [0.5, 0.6) is 5.88 Å². The summed E-state index contributed by atoms with van der Waals surface area (Å²) in [6.07, 6.45) is 6.80. The molecule has 1 atom stereocenters. The number of carbonyl (C=O) groups excluding carboxylic acids is 1. The third kappa shape index (κ3) is 4.46. The molecule has 2 aliphatic rings. The molecule has 3 heterocycles. The van der Waals surface area contributed by atoms with Crippen LogP contribution in [0, 0.1) is 5.92 Å². The summed E-state index contributed by atoms with van der Waals surface area (Å²) in [5.41, 5.74) is 0.598. The third-order valence-electron chi connectivity index (χ3n) is 5.04. The SMILES string of the molecule is CC(C)Oc1ccc(C(=O)N2CCCC(Cc3nc(C4CC4)no3)C2)cn1. The van der Waals surface area contributed by atoms with Gasteiger partial charge in [-0.2, -0.15) is 4.98 Å². The average molecular weight is 370 g/mol. The van der Waals surface area contributed by atoms with E-state index in [1.54, 1.807) is 18.3 Å². The Morgan fingerprint density at radius 2 is 2.19 bits per heavy atom. The second-order valence-electron chi connectivity index (χ2n) is 7.84. The molecule has 2 fully saturated rings. The van der Waals surface area contributed by atoms with Crippen molar-refractivity contribution in [1.29, 1.82) is 0 Å². The van der Waals surface area contributed by atoms with Gasteiger partial charge in [0.05, 0.1) is 11.7 Å². The first-order chi connectivity index (χ1) is 13.1. The Kier molecular flexibility index (Phi) is 5.09. The van der Waals surface area contributed by atoms with E-state index in [0.717, 1.165) is 31.6 Å². The topological polar surface area (TPSA) is 81.4 Å². The van der Waals surface area contributed by atoms with Crippen molar-refractivity contribution in [2.75, 3.05) is 13.1 Å². The van der Waals surface area contributed by atoms with Crippen LogP contribution in [0.15, 0.2) is 22.9 Å². The third-order valence-corrected chi connectivity index (χ3v) is 5.04. The normalized spacial score (nSPS) is 20.1. The first-order valence-electron chi connectivity index (χ1n) is 9.83. The number of nitrogens with zero attached hydrogens (tertiary/aromatic N) is 4. The van der Waals surface area contributed by atoms with E-state index in [0.29, 0.717) is 35.7 Å². The zero-order valence-corrected chi connectivity index (χ0v) is 15.9. The number of pyridine rings is 1. The summed E-state index contributed by atoms with van der Waals surface area (Å²) < 4.78 is 10.9. The minimum Gasteiger partial charge on any atom is -0.475 e. The number of piperidine rings is 1. The van der Waals surface area contributed by atoms with E-state index in [9.17, 15) is 4.79 Å². The van der Waals surface area contributed by atoms with Gasteiger partial charge in [0.2, 0.25) is 11.8 Å². The largest absolute Gasteiger partial charge is 0.475 e. The fraction of sp³-hybridized carbons (Fsp3) is 0.600. The van der Waals surface area contributed by atoms with Crippen LogP contribution in [0.4, 0.5) is 0 Å². The molecule has 0 bridgehead atoms. The minimum atomic E-state index is 0.0208. The quantitative estimate of drug-likeness (QED) is 0.776. The second kappa shape index (κ2) is 7.66. The lowest BCUT2D eigenvalue weighted by Crippen LogP contribution is -2.40. The van der Waals surface area contributed by atoms with Gasteiger partial charge in [0.1, 0.15) is 0 Å². The highest BCUT2D eigenvalue weighted by molar-refractivity contribution is 5.94. The summed E-state index contributed by atoms with van der Waals surface area (Å²) in [5, 5.41) is 4.09. The van der Waals surface area contributed by atoms with Gasteiger partial charge in [-0.05, 0) is 51.5 Å². The van der Waals surface area contributed by atoms with Gasteiger partial charge < -0.3 is 14.2 Å². The molecule has 1 aliphatic carbocycles. The van der Waals surface area contributed by atoms with E-state index < -0.39 is 0 Å². The second-order valence-corrected chi connectivity index (χ2v) is 7.84. The van der Waals surface area contributed by atoms with Crippen LogP contribution >= 0.6 is 0 Å². The molecule has 0 N–H and O–H groups in total. The van der Waals surface area contributed by atoms with Crippen LogP contribution in [-0.4, -0.2) is 45.1 Å². The first-order valence-corrected chi connectivity index (χ1v) is 9.83. The standard InChI is InChI=1S/C20H26N4O3/c1-13(2)26-17-8-7-16(11-21-17)20(25)24-9-3-4-14(12-24)10-18-22-19(23-27-18)15-5-6-15/h7-8,11,13-15H,3-6,9-10,12H2,1-2H3. The molecule has 4 rings (SSSR count). The van der Waals surface area contributed by atoms with Gasteiger partial charge in [-0.3, -0.25) is 4.79 Å². The first kappa shape index (κ1) is 17.9. The van der Waals surface area contributed by atoms with Crippen molar-refractivity contribution >= 4 is 5.91 Å². The van der Waals surface area contributed by atoms with E-state index >= 15 is 0 Å². The highest BCUT2D eigenvalue weighted by Crippen LogP contribution is 2.38. The number of aromatic nitrogens is 3. The molecule has 1 aliphatic heterocycles. The molecule has 0 spiro atoms. The molecule has 2 aromatic heterocycles. The molecule has 0 radical (unpaired) electrons. The van der Waals surface area contributed by atoms with Crippen LogP contribution in [0.25, 0.3) is 0 Å².